The fraction of sp³-hybridized carbons (Fsp3) is 0.100. The van der Waals surface area contributed by atoms with E-state index in [0.29, 0.717) is 0 Å². The molecule has 0 radical (unpaired) electrons. The number of aryl methyl sites for hydroxylation is 3. The molecule has 1 heterocycles. The number of benzene rings is 6. The van der Waals surface area contributed by atoms with E-state index in [1.807, 2.05) is 13.0 Å². The van der Waals surface area contributed by atoms with E-state index in [-0.39, 0.29) is 6.71 Å². The van der Waals surface area contributed by atoms with Gasteiger partial charge in [0.2, 0.25) is 6.71 Å². The SMILES string of the molecule is C/C=C\c1oc2c(-c3cccc(B(c4c(C)ccc5ccccc45)c4c(C)ccc5ccccc45)c3)cccc2c1C. The Balaban J connectivity index is 1.53. The van der Waals surface area contributed by atoms with Crippen LogP contribution in [0.5, 0.6) is 0 Å². The second kappa shape index (κ2) is 10.5. The first-order valence-corrected chi connectivity index (χ1v) is 14.8. The summed E-state index contributed by atoms with van der Waals surface area (Å²) < 4.78 is 6.46. The number of hydrogen-bond acceptors (Lipinski definition) is 1. The summed E-state index contributed by atoms with van der Waals surface area (Å²) in [4.78, 5) is 0. The van der Waals surface area contributed by atoms with Crippen LogP contribution in [0.2, 0.25) is 0 Å². The highest BCUT2D eigenvalue weighted by molar-refractivity contribution is 6.98. The van der Waals surface area contributed by atoms with E-state index in [0.717, 1.165) is 22.3 Å². The van der Waals surface area contributed by atoms with E-state index in [9.17, 15) is 0 Å². The van der Waals surface area contributed by atoms with Gasteiger partial charge < -0.3 is 4.42 Å². The van der Waals surface area contributed by atoms with Gasteiger partial charge in [0.1, 0.15) is 11.3 Å². The Hall–Kier alpha value is -4.82. The molecule has 0 aliphatic heterocycles. The van der Waals surface area contributed by atoms with E-state index >= 15 is 0 Å². The maximum Gasteiger partial charge on any atom is 0.243 e. The summed E-state index contributed by atoms with van der Waals surface area (Å²) >= 11 is 0. The number of furan rings is 1. The summed E-state index contributed by atoms with van der Waals surface area (Å²) in [5.74, 6) is 0.923. The van der Waals surface area contributed by atoms with Crippen molar-refractivity contribution in [3.8, 4) is 11.1 Å². The van der Waals surface area contributed by atoms with Gasteiger partial charge in [-0.25, -0.2) is 0 Å². The third kappa shape index (κ3) is 4.27. The molecule has 0 aliphatic carbocycles. The van der Waals surface area contributed by atoms with Gasteiger partial charge in [0.25, 0.3) is 0 Å². The van der Waals surface area contributed by atoms with E-state index in [4.69, 9.17) is 4.42 Å². The summed E-state index contributed by atoms with van der Waals surface area (Å²) in [6, 6.07) is 42.3. The summed E-state index contributed by atoms with van der Waals surface area (Å²) in [5.41, 5.74) is 11.0. The first kappa shape index (κ1) is 26.1. The van der Waals surface area contributed by atoms with Gasteiger partial charge in [-0.2, -0.15) is 0 Å². The third-order valence-electron chi connectivity index (χ3n) is 8.80. The molecule has 0 atom stereocenters. The number of para-hydroxylation sites is 1. The predicted octanol–water partition coefficient (Wildman–Crippen LogP) is 8.88. The average molecular weight is 541 g/mol. The smallest absolute Gasteiger partial charge is 0.243 e. The van der Waals surface area contributed by atoms with Crippen LogP contribution in [0, 0.1) is 20.8 Å². The molecule has 1 nitrogen and oxygen atoms in total. The zero-order valence-corrected chi connectivity index (χ0v) is 24.6. The Morgan fingerprint density at radius 3 is 1.83 bits per heavy atom. The van der Waals surface area contributed by atoms with E-state index in [1.54, 1.807) is 0 Å². The van der Waals surface area contributed by atoms with Crippen LogP contribution in [0.15, 0.2) is 126 Å². The zero-order chi connectivity index (χ0) is 28.8. The highest BCUT2D eigenvalue weighted by atomic mass is 16.3. The lowest BCUT2D eigenvalue weighted by atomic mass is 9.34. The van der Waals surface area contributed by atoms with Crippen LogP contribution in [-0.4, -0.2) is 6.71 Å². The quantitative estimate of drug-likeness (QED) is 0.199. The lowest BCUT2D eigenvalue weighted by Crippen LogP contribution is -2.54. The van der Waals surface area contributed by atoms with Crippen LogP contribution in [0.3, 0.4) is 0 Å². The van der Waals surface area contributed by atoms with E-state index in [1.165, 1.54) is 60.2 Å². The van der Waals surface area contributed by atoms with Crippen LogP contribution in [0.4, 0.5) is 0 Å². The lowest BCUT2D eigenvalue weighted by Gasteiger charge is -2.24. The van der Waals surface area contributed by atoms with Crippen LogP contribution in [-0.2, 0) is 0 Å². The zero-order valence-electron chi connectivity index (χ0n) is 24.6. The molecule has 0 aliphatic rings. The molecule has 0 saturated carbocycles. The molecule has 6 aromatic carbocycles. The van der Waals surface area contributed by atoms with Gasteiger partial charge in [-0.3, -0.25) is 0 Å². The molecule has 0 fully saturated rings. The van der Waals surface area contributed by atoms with Crippen molar-refractivity contribution in [2.24, 2.45) is 0 Å². The molecular formula is C40H33BO. The first-order chi connectivity index (χ1) is 20.5. The monoisotopic (exact) mass is 540 g/mol. The standard InChI is InChI=1S/C40H33BO/c1-5-12-37-28(4)33-19-11-20-36(40(33)42-37)31-15-10-16-32(25-31)41(38-26(2)21-23-29-13-6-8-17-34(29)38)39-27(3)22-24-30-14-7-9-18-35(30)39/h5-25H,1-4H3/b12-5-. The third-order valence-corrected chi connectivity index (χ3v) is 8.80. The van der Waals surface area contributed by atoms with Gasteiger partial charge in [-0.15, -0.1) is 0 Å². The maximum absolute atomic E-state index is 6.46. The van der Waals surface area contributed by atoms with Gasteiger partial charge in [0.15, 0.2) is 0 Å². The topological polar surface area (TPSA) is 13.1 Å². The van der Waals surface area contributed by atoms with E-state index < -0.39 is 0 Å². The van der Waals surface area contributed by atoms with Crippen LogP contribution in [0.25, 0.3) is 49.7 Å². The molecule has 2 heteroatoms. The Bertz CT molecular complexity index is 2060. The van der Waals surface area contributed by atoms with Crippen LogP contribution < -0.4 is 16.4 Å². The highest BCUT2D eigenvalue weighted by Gasteiger charge is 2.29. The lowest BCUT2D eigenvalue weighted by molar-refractivity contribution is 0.602. The summed E-state index contributed by atoms with van der Waals surface area (Å²) in [6.45, 7) is 8.74. The van der Waals surface area contributed by atoms with Crippen molar-refractivity contribution in [2.45, 2.75) is 27.7 Å². The fourth-order valence-corrected chi connectivity index (χ4v) is 6.74. The minimum absolute atomic E-state index is 0.0540. The van der Waals surface area contributed by atoms with Gasteiger partial charge in [0.05, 0.1) is 0 Å². The molecule has 0 N–H and O–H groups in total. The molecule has 0 amide bonds. The molecule has 7 rings (SSSR count). The Morgan fingerprint density at radius 2 is 1.19 bits per heavy atom. The van der Waals surface area contributed by atoms with Crippen molar-refractivity contribution in [1.82, 2.24) is 0 Å². The molecule has 0 spiro atoms. The Morgan fingerprint density at radius 1 is 0.595 bits per heavy atom. The predicted molar refractivity (Wildman–Crippen MR) is 183 cm³/mol. The Kier molecular flexibility index (Phi) is 6.55. The number of rotatable bonds is 5. The van der Waals surface area contributed by atoms with E-state index in [2.05, 4.69) is 142 Å². The van der Waals surface area contributed by atoms with Crippen molar-refractivity contribution >= 4 is 61.7 Å². The average Bonchev–Trinajstić information content (AvgIpc) is 3.34. The summed E-state index contributed by atoms with van der Waals surface area (Å²) in [6.07, 6.45) is 4.09. The molecule has 0 unspecified atom stereocenters. The first-order valence-electron chi connectivity index (χ1n) is 14.8. The van der Waals surface area contributed by atoms with Crippen molar-refractivity contribution in [2.75, 3.05) is 0 Å². The molecule has 202 valence electrons. The normalized spacial score (nSPS) is 11.7. The largest absolute Gasteiger partial charge is 0.456 e. The van der Waals surface area contributed by atoms with Crippen LogP contribution in [0.1, 0.15) is 29.4 Å². The minimum atomic E-state index is 0.0540. The minimum Gasteiger partial charge on any atom is -0.456 e. The number of fused-ring (bicyclic) bond motifs is 3. The van der Waals surface area contributed by atoms with Gasteiger partial charge in [-0.1, -0.05) is 149 Å². The second-order valence-electron chi connectivity index (χ2n) is 11.4. The van der Waals surface area contributed by atoms with Crippen molar-refractivity contribution in [3.05, 3.63) is 144 Å². The molecule has 0 saturated heterocycles. The second-order valence-corrected chi connectivity index (χ2v) is 11.4. The van der Waals surface area contributed by atoms with Crippen molar-refractivity contribution in [3.63, 3.8) is 0 Å². The highest BCUT2D eigenvalue weighted by Crippen LogP contribution is 2.34. The molecule has 42 heavy (non-hydrogen) atoms. The van der Waals surface area contributed by atoms with Crippen molar-refractivity contribution < 1.29 is 4.42 Å². The van der Waals surface area contributed by atoms with Crippen LogP contribution >= 0.6 is 0 Å². The molecule has 1 aromatic heterocycles. The van der Waals surface area contributed by atoms with Gasteiger partial charge >= 0.3 is 0 Å². The molecule has 7 aromatic rings. The molecular weight excluding hydrogens is 507 g/mol. The number of allylic oxidation sites excluding steroid dienone is 1. The van der Waals surface area contributed by atoms with Crippen molar-refractivity contribution in [1.29, 1.82) is 0 Å². The number of hydrogen-bond donors (Lipinski definition) is 0. The van der Waals surface area contributed by atoms with Gasteiger partial charge in [-0.05, 0) is 60.9 Å². The summed E-state index contributed by atoms with van der Waals surface area (Å²) in [5, 5.41) is 6.31. The maximum atomic E-state index is 6.46. The van der Waals surface area contributed by atoms with Gasteiger partial charge in [0, 0.05) is 16.5 Å². The Labute approximate surface area is 248 Å². The summed E-state index contributed by atoms with van der Waals surface area (Å²) in [7, 11) is 0. The fourth-order valence-electron chi connectivity index (χ4n) is 6.74. The molecule has 0 bridgehead atoms.